The van der Waals surface area contributed by atoms with Crippen molar-refractivity contribution in [2.24, 2.45) is 5.73 Å². The van der Waals surface area contributed by atoms with Crippen molar-refractivity contribution in [3.63, 3.8) is 0 Å². The molecule has 0 radical (unpaired) electrons. The van der Waals surface area contributed by atoms with Crippen molar-refractivity contribution >= 4 is 5.97 Å². The van der Waals surface area contributed by atoms with Crippen LogP contribution in [-0.4, -0.2) is 43.0 Å². The van der Waals surface area contributed by atoms with Crippen LogP contribution in [0.3, 0.4) is 0 Å². The molecule has 0 aliphatic heterocycles. The largest absolute Gasteiger partial charge is 0.548 e. The highest BCUT2D eigenvalue weighted by Gasteiger charge is 2.15. The van der Waals surface area contributed by atoms with Crippen LogP contribution in [0.2, 0.25) is 0 Å². The quantitative estimate of drug-likeness (QED) is 0.536. The van der Waals surface area contributed by atoms with Crippen LogP contribution in [0.15, 0.2) is 30.3 Å². The molecule has 112 valence electrons. The fourth-order valence-corrected chi connectivity index (χ4v) is 1.49. The summed E-state index contributed by atoms with van der Waals surface area (Å²) in [6.45, 7) is 1.30. The van der Waals surface area contributed by atoms with Gasteiger partial charge in [0.2, 0.25) is 0 Å². The van der Waals surface area contributed by atoms with Gasteiger partial charge in [-0.3, -0.25) is 0 Å². The Morgan fingerprint density at radius 2 is 1.90 bits per heavy atom. The van der Waals surface area contributed by atoms with Gasteiger partial charge in [0, 0.05) is 13.2 Å². The van der Waals surface area contributed by atoms with Gasteiger partial charge in [-0.2, -0.15) is 0 Å². The topological polar surface area (TPSA) is 105 Å². The number of carboxylic acid groups (broad SMARTS) is 1. The van der Waals surface area contributed by atoms with E-state index in [9.17, 15) is 15.0 Å². The van der Waals surface area contributed by atoms with Gasteiger partial charge in [0.05, 0.1) is 31.3 Å². The molecule has 0 aliphatic rings. The summed E-state index contributed by atoms with van der Waals surface area (Å²) < 4.78 is 10.6. The molecule has 1 rings (SSSR count). The summed E-state index contributed by atoms with van der Waals surface area (Å²) in [5.74, 6) is -1.49. The third kappa shape index (κ3) is 6.63. The number of aliphatic carboxylic acids is 1. The number of hydrogen-bond acceptors (Lipinski definition) is 6. The smallest absolute Gasteiger partial charge is 0.0977 e. The Bertz CT molecular complexity index is 384. The van der Waals surface area contributed by atoms with Gasteiger partial charge in [-0.25, -0.2) is 0 Å². The summed E-state index contributed by atoms with van der Waals surface area (Å²) in [4.78, 5) is 10.4. The van der Waals surface area contributed by atoms with Gasteiger partial charge < -0.3 is 30.2 Å². The number of carbonyl (C=O) groups is 1. The average molecular weight is 282 g/mol. The first-order chi connectivity index (χ1) is 9.61. The maximum atomic E-state index is 10.4. The molecule has 1 aromatic carbocycles. The molecule has 0 aromatic heterocycles. The van der Waals surface area contributed by atoms with Gasteiger partial charge in [-0.1, -0.05) is 30.3 Å². The maximum Gasteiger partial charge on any atom is 0.0977 e. The van der Waals surface area contributed by atoms with E-state index in [2.05, 4.69) is 0 Å². The molecule has 0 unspecified atom stereocenters. The van der Waals surface area contributed by atoms with Crippen LogP contribution in [0.1, 0.15) is 12.0 Å². The molecule has 20 heavy (non-hydrogen) atoms. The minimum atomic E-state index is -1.49. The van der Waals surface area contributed by atoms with Crippen molar-refractivity contribution in [1.82, 2.24) is 0 Å². The molecule has 0 saturated carbocycles. The summed E-state index contributed by atoms with van der Waals surface area (Å²) in [6, 6.07) is 8.37. The third-order valence-electron chi connectivity index (χ3n) is 2.66. The number of ether oxygens (including phenoxy) is 2. The highest BCUT2D eigenvalue weighted by molar-refractivity contribution is 5.71. The minimum absolute atomic E-state index is 0.131. The third-order valence-corrected chi connectivity index (χ3v) is 2.66. The molecule has 1 aromatic rings. The van der Waals surface area contributed by atoms with E-state index in [1.54, 1.807) is 0 Å². The van der Waals surface area contributed by atoms with E-state index < -0.39 is 18.1 Å². The number of aliphatic hydroxyl groups is 1. The van der Waals surface area contributed by atoms with Crippen molar-refractivity contribution in [1.29, 1.82) is 0 Å². The number of aliphatic hydroxyl groups excluding tert-OH is 1. The lowest BCUT2D eigenvalue weighted by Crippen LogP contribution is -2.51. The Balaban J connectivity index is 1.99. The Morgan fingerprint density at radius 3 is 2.55 bits per heavy atom. The first kappa shape index (κ1) is 16.6. The first-order valence-corrected chi connectivity index (χ1v) is 6.45. The van der Waals surface area contributed by atoms with Gasteiger partial charge in [0.25, 0.3) is 0 Å². The Labute approximate surface area is 118 Å². The lowest BCUT2D eigenvalue weighted by atomic mass is 10.2. The van der Waals surface area contributed by atoms with Gasteiger partial charge >= 0.3 is 0 Å². The highest BCUT2D eigenvalue weighted by Crippen LogP contribution is 2.01. The van der Waals surface area contributed by atoms with E-state index in [4.69, 9.17) is 15.2 Å². The number of nitrogens with two attached hydrogens (primary N) is 1. The second-order valence-corrected chi connectivity index (χ2v) is 4.38. The van der Waals surface area contributed by atoms with Crippen LogP contribution in [0.4, 0.5) is 0 Å². The standard InChI is InChI=1S/C14H21NO5/c15-13(14(17)18)12(16)10-20-8-4-7-19-9-11-5-2-1-3-6-11/h1-3,5-6,12-13,16H,4,7-10,15H2,(H,17,18)/p-1/t12-,13+/m0/s1. The summed E-state index contributed by atoms with van der Waals surface area (Å²) >= 11 is 0. The van der Waals surface area contributed by atoms with Crippen molar-refractivity contribution in [2.45, 2.75) is 25.2 Å². The molecule has 0 heterocycles. The zero-order valence-electron chi connectivity index (χ0n) is 11.2. The maximum absolute atomic E-state index is 10.4. The van der Waals surface area contributed by atoms with E-state index in [1.807, 2.05) is 30.3 Å². The Hall–Kier alpha value is -1.47. The van der Waals surface area contributed by atoms with Gasteiger partial charge in [-0.05, 0) is 12.0 Å². The minimum Gasteiger partial charge on any atom is -0.548 e. The van der Waals surface area contributed by atoms with Crippen molar-refractivity contribution in [2.75, 3.05) is 19.8 Å². The van der Waals surface area contributed by atoms with E-state index in [0.29, 0.717) is 26.2 Å². The van der Waals surface area contributed by atoms with E-state index in [0.717, 1.165) is 5.56 Å². The lowest BCUT2D eigenvalue weighted by molar-refractivity contribution is -0.309. The molecule has 0 saturated heterocycles. The molecular formula is C14H20NO5-. The Morgan fingerprint density at radius 1 is 1.25 bits per heavy atom. The van der Waals surface area contributed by atoms with E-state index in [-0.39, 0.29) is 6.61 Å². The molecule has 6 nitrogen and oxygen atoms in total. The average Bonchev–Trinajstić information content (AvgIpc) is 2.46. The number of benzene rings is 1. The fraction of sp³-hybridized carbons (Fsp3) is 0.500. The summed E-state index contributed by atoms with van der Waals surface area (Å²) in [7, 11) is 0. The van der Waals surface area contributed by atoms with Crippen LogP contribution in [0.5, 0.6) is 0 Å². The van der Waals surface area contributed by atoms with Crippen LogP contribution in [0.25, 0.3) is 0 Å². The van der Waals surface area contributed by atoms with Gasteiger partial charge in [-0.15, -0.1) is 0 Å². The first-order valence-electron chi connectivity index (χ1n) is 6.45. The zero-order valence-corrected chi connectivity index (χ0v) is 11.2. The van der Waals surface area contributed by atoms with Crippen LogP contribution in [-0.2, 0) is 20.9 Å². The molecule has 0 bridgehead atoms. The normalized spacial score (nSPS) is 13.9. The number of carbonyl (C=O) groups excluding carboxylic acids is 1. The predicted octanol–water partition coefficient (Wildman–Crippen LogP) is -0.952. The molecule has 0 amide bonds. The van der Waals surface area contributed by atoms with E-state index >= 15 is 0 Å². The molecule has 0 aliphatic carbocycles. The van der Waals surface area contributed by atoms with Crippen molar-refractivity contribution < 1.29 is 24.5 Å². The van der Waals surface area contributed by atoms with Crippen molar-refractivity contribution in [3.8, 4) is 0 Å². The molecule has 0 spiro atoms. The van der Waals surface area contributed by atoms with Crippen LogP contribution < -0.4 is 10.8 Å². The molecule has 2 atom stereocenters. The summed E-state index contributed by atoms with van der Waals surface area (Å²) in [6.07, 6.45) is -0.606. The molecule has 0 fully saturated rings. The molecule has 6 heteroatoms. The molecule has 3 N–H and O–H groups in total. The Kier molecular flexibility index (Phi) is 7.82. The van der Waals surface area contributed by atoms with E-state index in [1.165, 1.54) is 0 Å². The predicted molar refractivity (Wildman–Crippen MR) is 70.5 cm³/mol. The summed E-state index contributed by atoms with van der Waals surface area (Å²) in [5, 5.41) is 19.7. The van der Waals surface area contributed by atoms with Gasteiger partial charge in [0.1, 0.15) is 0 Å². The van der Waals surface area contributed by atoms with Crippen molar-refractivity contribution in [3.05, 3.63) is 35.9 Å². The summed E-state index contributed by atoms with van der Waals surface area (Å²) in [5.41, 5.74) is 6.27. The number of rotatable bonds is 10. The highest BCUT2D eigenvalue weighted by atomic mass is 16.5. The van der Waals surface area contributed by atoms with Crippen LogP contribution in [0, 0.1) is 0 Å². The SMILES string of the molecule is N[C@@H](C(=O)[O-])[C@@H](O)COCCCOCc1ccccc1. The number of hydrogen-bond donors (Lipinski definition) is 2. The van der Waals surface area contributed by atoms with Crippen LogP contribution >= 0.6 is 0 Å². The second-order valence-electron chi connectivity index (χ2n) is 4.38. The number of carboxylic acids is 1. The monoisotopic (exact) mass is 282 g/mol. The zero-order chi connectivity index (χ0) is 14.8. The lowest BCUT2D eigenvalue weighted by Gasteiger charge is -2.19. The second kappa shape index (κ2) is 9.44. The van der Waals surface area contributed by atoms with Gasteiger partial charge in [0.15, 0.2) is 0 Å². The fourth-order valence-electron chi connectivity index (χ4n) is 1.49. The molecular weight excluding hydrogens is 262 g/mol.